The third-order valence-electron chi connectivity index (χ3n) is 2.20. The number of nitrogens with two attached hydrogens (primary N) is 1. The van der Waals surface area contributed by atoms with Crippen molar-refractivity contribution in [2.45, 2.75) is 0 Å². The molecule has 88 valence electrons. The summed E-state index contributed by atoms with van der Waals surface area (Å²) in [4.78, 5) is 10.6. The molecule has 2 heterocycles. The molecular weight excluding hydrogens is 323 g/mol. The van der Waals surface area contributed by atoms with Crippen LogP contribution in [0.25, 0.3) is 0 Å². The molecule has 0 amide bonds. The number of hydrogen-bond donors (Lipinski definition) is 3. The smallest absolute Gasteiger partial charge is 0.229 e. The van der Waals surface area contributed by atoms with Gasteiger partial charge in [-0.05, 0) is 0 Å². The van der Waals surface area contributed by atoms with E-state index in [1.807, 2.05) is 22.9 Å². The summed E-state index contributed by atoms with van der Waals surface area (Å²) >= 11 is 1.97. The van der Waals surface area contributed by atoms with E-state index in [9.17, 15) is 0 Å². The molecule has 0 bridgehead atoms. The van der Waals surface area contributed by atoms with E-state index in [4.69, 9.17) is 10.5 Å². The maximum absolute atomic E-state index is 5.72. The second-order valence-corrected chi connectivity index (χ2v) is 3.84. The van der Waals surface area contributed by atoms with Gasteiger partial charge in [0.15, 0.2) is 0 Å². The van der Waals surface area contributed by atoms with Gasteiger partial charge in [-0.1, -0.05) is 0 Å². The number of halogens is 1. The number of morpholine rings is 1. The second kappa shape index (κ2) is 5.46. The third kappa shape index (κ3) is 2.83. The van der Waals surface area contributed by atoms with Crippen LogP contribution in [0.4, 0.5) is 17.6 Å². The summed E-state index contributed by atoms with van der Waals surface area (Å²) in [5, 5.41) is 0. The van der Waals surface area contributed by atoms with Crippen molar-refractivity contribution in [1.82, 2.24) is 13.6 Å². The lowest BCUT2D eigenvalue weighted by atomic mass is 10.4. The predicted octanol–water partition coefficient (Wildman–Crippen LogP) is 0.162. The third-order valence-corrected chi connectivity index (χ3v) is 2.47. The maximum Gasteiger partial charge on any atom is 0.229 e. The summed E-state index contributed by atoms with van der Waals surface area (Å²) in [7, 11) is 0. The molecular formula is C8H13IN6O. The lowest BCUT2D eigenvalue weighted by molar-refractivity contribution is 0.122. The van der Waals surface area contributed by atoms with E-state index in [0.717, 1.165) is 13.1 Å². The van der Waals surface area contributed by atoms with E-state index in [2.05, 4.69) is 23.9 Å². The molecule has 7 nitrogen and oxygen atoms in total. The number of nitrogens with one attached hydrogen (secondary N) is 2. The molecule has 1 aromatic rings. The normalized spacial score (nSPS) is 16.2. The number of anilines is 3. The Hall–Kier alpha value is -0.870. The highest BCUT2D eigenvalue weighted by Crippen LogP contribution is 2.15. The van der Waals surface area contributed by atoms with Gasteiger partial charge in [-0.25, -0.2) is 0 Å². The molecule has 8 heteroatoms. The van der Waals surface area contributed by atoms with Crippen molar-refractivity contribution in [1.29, 1.82) is 0 Å². The fourth-order valence-electron chi connectivity index (χ4n) is 1.47. The average Bonchev–Trinajstić information content (AvgIpc) is 2.30. The van der Waals surface area contributed by atoms with Crippen molar-refractivity contribution >= 4 is 40.4 Å². The van der Waals surface area contributed by atoms with Crippen molar-refractivity contribution < 1.29 is 4.74 Å². The molecule has 0 aliphatic carbocycles. The Labute approximate surface area is 107 Å². The Bertz CT molecular complexity index is 356. The molecule has 0 aromatic carbocycles. The molecule has 1 aliphatic heterocycles. The summed E-state index contributed by atoms with van der Waals surface area (Å²) in [6.07, 6.45) is 0. The fraction of sp³-hybridized carbons (Fsp3) is 0.500. The Morgan fingerprint density at radius 2 is 2.12 bits per heavy atom. The number of hydrogen-bond acceptors (Lipinski definition) is 7. The van der Waals surface area contributed by atoms with E-state index < -0.39 is 0 Å². The molecule has 0 spiro atoms. The van der Waals surface area contributed by atoms with Gasteiger partial charge in [0.1, 0.15) is 11.6 Å². The first-order valence-corrected chi connectivity index (χ1v) is 5.96. The minimum atomic E-state index is 0.450. The SMILES string of the molecule is Nc1cc(NNI)nc(N2CCOCC2)n1. The van der Waals surface area contributed by atoms with Gasteiger partial charge in [0.2, 0.25) is 5.95 Å². The Morgan fingerprint density at radius 3 is 2.81 bits per heavy atom. The highest BCUT2D eigenvalue weighted by molar-refractivity contribution is 14.1. The summed E-state index contributed by atoms with van der Waals surface area (Å²) in [6, 6.07) is 1.68. The van der Waals surface area contributed by atoms with Gasteiger partial charge in [-0.15, -0.1) is 0 Å². The lowest BCUT2D eigenvalue weighted by Crippen LogP contribution is -2.37. The first-order chi connectivity index (χ1) is 7.79. The summed E-state index contributed by atoms with van der Waals surface area (Å²) in [5.74, 6) is 1.74. The van der Waals surface area contributed by atoms with Gasteiger partial charge in [0.05, 0.1) is 13.2 Å². The van der Waals surface area contributed by atoms with Crippen LogP contribution in [0.2, 0.25) is 0 Å². The van der Waals surface area contributed by atoms with Gasteiger partial charge < -0.3 is 15.4 Å². The van der Waals surface area contributed by atoms with Crippen LogP contribution in [-0.4, -0.2) is 36.3 Å². The van der Waals surface area contributed by atoms with Gasteiger partial charge in [-0.2, -0.15) is 13.6 Å². The molecule has 16 heavy (non-hydrogen) atoms. The highest BCUT2D eigenvalue weighted by Gasteiger charge is 2.14. The maximum atomic E-state index is 5.72. The molecule has 1 saturated heterocycles. The molecule has 4 N–H and O–H groups in total. The van der Waals surface area contributed by atoms with Gasteiger partial charge in [-0.3, -0.25) is 5.43 Å². The van der Waals surface area contributed by atoms with Gasteiger partial charge in [0, 0.05) is 42.0 Å². The largest absolute Gasteiger partial charge is 0.383 e. The molecule has 1 aromatic heterocycles. The monoisotopic (exact) mass is 336 g/mol. The molecule has 1 fully saturated rings. The number of nitrogen functional groups attached to an aromatic ring is 1. The lowest BCUT2D eigenvalue weighted by Gasteiger charge is -2.27. The Kier molecular flexibility index (Phi) is 3.96. The van der Waals surface area contributed by atoms with Crippen molar-refractivity contribution in [3.8, 4) is 0 Å². The highest BCUT2D eigenvalue weighted by atomic mass is 127. The van der Waals surface area contributed by atoms with Crippen molar-refractivity contribution in [2.24, 2.45) is 0 Å². The number of hydrazine groups is 1. The van der Waals surface area contributed by atoms with Crippen LogP contribution < -0.4 is 19.7 Å². The average molecular weight is 336 g/mol. The van der Waals surface area contributed by atoms with E-state index in [1.54, 1.807) is 6.07 Å². The second-order valence-electron chi connectivity index (χ2n) is 3.30. The topological polar surface area (TPSA) is 88.3 Å². The van der Waals surface area contributed by atoms with Gasteiger partial charge >= 0.3 is 0 Å². The molecule has 0 atom stereocenters. The Balaban J connectivity index is 2.18. The quantitative estimate of drug-likeness (QED) is 0.412. The zero-order chi connectivity index (χ0) is 11.4. The molecule has 1 aliphatic rings. The molecule has 0 unspecified atom stereocenters. The first kappa shape index (κ1) is 11.6. The predicted molar refractivity (Wildman–Crippen MR) is 70.3 cm³/mol. The zero-order valence-corrected chi connectivity index (χ0v) is 10.8. The van der Waals surface area contributed by atoms with Crippen LogP contribution in [0.1, 0.15) is 0 Å². The number of aromatic nitrogens is 2. The number of ether oxygens (including phenoxy) is 1. The van der Waals surface area contributed by atoms with Crippen molar-refractivity contribution in [3.63, 3.8) is 0 Å². The molecule has 0 saturated carbocycles. The zero-order valence-electron chi connectivity index (χ0n) is 8.61. The van der Waals surface area contributed by atoms with E-state index in [1.165, 1.54) is 0 Å². The van der Waals surface area contributed by atoms with Crippen molar-refractivity contribution in [3.05, 3.63) is 6.07 Å². The Morgan fingerprint density at radius 1 is 1.38 bits per heavy atom. The molecule has 0 radical (unpaired) electrons. The molecule has 2 rings (SSSR count). The summed E-state index contributed by atoms with van der Waals surface area (Å²) in [6.45, 7) is 2.98. The summed E-state index contributed by atoms with van der Waals surface area (Å²) in [5.41, 5.74) is 8.59. The van der Waals surface area contributed by atoms with Crippen LogP contribution in [0.3, 0.4) is 0 Å². The minimum absolute atomic E-state index is 0.450. The van der Waals surface area contributed by atoms with E-state index in [-0.39, 0.29) is 0 Å². The first-order valence-electron chi connectivity index (χ1n) is 4.88. The van der Waals surface area contributed by atoms with Crippen LogP contribution >= 0.6 is 22.9 Å². The number of nitrogens with zero attached hydrogens (tertiary/aromatic N) is 3. The summed E-state index contributed by atoms with van der Waals surface area (Å²) < 4.78 is 8.04. The van der Waals surface area contributed by atoms with Gasteiger partial charge in [0.25, 0.3) is 0 Å². The van der Waals surface area contributed by atoms with Crippen LogP contribution in [0, 0.1) is 0 Å². The van der Waals surface area contributed by atoms with E-state index in [0.29, 0.717) is 30.8 Å². The van der Waals surface area contributed by atoms with Crippen LogP contribution in [0.5, 0.6) is 0 Å². The minimum Gasteiger partial charge on any atom is -0.383 e. The van der Waals surface area contributed by atoms with Crippen molar-refractivity contribution in [2.75, 3.05) is 42.4 Å². The number of rotatable bonds is 3. The van der Waals surface area contributed by atoms with Crippen LogP contribution in [-0.2, 0) is 4.74 Å². The van der Waals surface area contributed by atoms with Crippen LogP contribution in [0.15, 0.2) is 6.07 Å². The fourth-order valence-corrected chi connectivity index (χ4v) is 1.75. The van der Waals surface area contributed by atoms with E-state index >= 15 is 0 Å². The standard InChI is InChI=1S/C8H13IN6O/c9-14-13-7-5-6(10)11-8(12-7)15-1-3-16-4-2-15/h5,14H,1-4H2,(H3,10,11,12,13).